The second-order valence-corrected chi connectivity index (χ2v) is 2.68. The summed E-state index contributed by atoms with van der Waals surface area (Å²) >= 11 is 0. The zero-order valence-corrected chi connectivity index (χ0v) is 7.71. The van der Waals surface area contributed by atoms with Crippen molar-refractivity contribution in [1.82, 2.24) is 15.0 Å². The van der Waals surface area contributed by atoms with Crippen molar-refractivity contribution in [2.45, 2.75) is 0 Å². The number of hydrogen-bond donors (Lipinski definition) is 0. The Kier molecular flexibility index (Phi) is 2.36. The summed E-state index contributed by atoms with van der Waals surface area (Å²) in [6, 6.07) is 5.53. The molecular weight excluding hydrogens is 178 g/mol. The average molecular weight is 187 g/mol. The molecule has 0 aromatic carbocycles. The van der Waals surface area contributed by atoms with E-state index in [2.05, 4.69) is 15.0 Å². The molecule has 0 atom stereocenters. The largest absolute Gasteiger partial charge is 0.495 e. The molecule has 0 amide bonds. The third kappa shape index (κ3) is 1.69. The van der Waals surface area contributed by atoms with Crippen molar-refractivity contribution in [2.75, 3.05) is 7.11 Å². The Balaban J connectivity index is 2.34. The van der Waals surface area contributed by atoms with Gasteiger partial charge in [-0.15, -0.1) is 0 Å². The van der Waals surface area contributed by atoms with Gasteiger partial charge in [0.2, 0.25) is 0 Å². The van der Waals surface area contributed by atoms with Gasteiger partial charge in [0.25, 0.3) is 0 Å². The van der Waals surface area contributed by atoms with Crippen molar-refractivity contribution in [3.63, 3.8) is 0 Å². The second kappa shape index (κ2) is 3.83. The molecule has 14 heavy (non-hydrogen) atoms. The van der Waals surface area contributed by atoms with Crippen molar-refractivity contribution < 1.29 is 4.74 Å². The minimum Gasteiger partial charge on any atom is -0.495 e. The van der Waals surface area contributed by atoms with Gasteiger partial charge < -0.3 is 4.74 Å². The van der Waals surface area contributed by atoms with Crippen molar-refractivity contribution in [2.24, 2.45) is 0 Å². The molecule has 0 bridgehead atoms. The summed E-state index contributed by atoms with van der Waals surface area (Å²) in [5.74, 6) is 0.739. The molecule has 0 N–H and O–H groups in total. The molecule has 0 spiro atoms. The first-order valence-corrected chi connectivity index (χ1v) is 4.16. The van der Waals surface area contributed by atoms with E-state index in [0.717, 1.165) is 17.1 Å². The summed E-state index contributed by atoms with van der Waals surface area (Å²) in [6.07, 6.45) is 4.85. The van der Waals surface area contributed by atoms with Crippen LogP contribution in [0.25, 0.3) is 11.4 Å². The van der Waals surface area contributed by atoms with Gasteiger partial charge in [-0.2, -0.15) is 0 Å². The lowest BCUT2D eigenvalue weighted by atomic mass is 10.2. The Morgan fingerprint density at radius 1 is 1.07 bits per heavy atom. The molecule has 0 saturated carbocycles. The molecule has 0 saturated heterocycles. The van der Waals surface area contributed by atoms with E-state index in [-0.39, 0.29) is 0 Å². The molecule has 0 aliphatic heterocycles. The van der Waals surface area contributed by atoms with Gasteiger partial charge in [0, 0.05) is 6.20 Å². The number of rotatable bonds is 2. The number of nitrogens with zero attached hydrogens (tertiary/aromatic N) is 3. The molecule has 70 valence electrons. The van der Waals surface area contributed by atoms with E-state index >= 15 is 0 Å². The molecule has 0 radical (unpaired) electrons. The van der Waals surface area contributed by atoms with E-state index in [1.807, 2.05) is 18.2 Å². The van der Waals surface area contributed by atoms with Gasteiger partial charge in [0.15, 0.2) is 0 Å². The third-order valence-corrected chi connectivity index (χ3v) is 1.82. The van der Waals surface area contributed by atoms with Crippen LogP contribution in [0, 0.1) is 0 Å². The first-order valence-electron chi connectivity index (χ1n) is 4.16. The zero-order chi connectivity index (χ0) is 9.80. The summed E-state index contributed by atoms with van der Waals surface area (Å²) in [7, 11) is 1.61. The van der Waals surface area contributed by atoms with Crippen molar-refractivity contribution >= 4 is 0 Å². The highest BCUT2D eigenvalue weighted by Gasteiger charge is 1.99. The minimum absolute atomic E-state index is 0.739. The molecule has 4 nitrogen and oxygen atoms in total. The zero-order valence-electron chi connectivity index (χ0n) is 7.71. The number of pyridine rings is 1. The quantitative estimate of drug-likeness (QED) is 0.715. The summed E-state index contributed by atoms with van der Waals surface area (Å²) in [4.78, 5) is 12.1. The van der Waals surface area contributed by atoms with E-state index < -0.39 is 0 Å². The summed E-state index contributed by atoms with van der Waals surface area (Å²) in [5.41, 5.74) is 1.62. The van der Waals surface area contributed by atoms with E-state index in [9.17, 15) is 0 Å². The van der Waals surface area contributed by atoms with Crippen molar-refractivity contribution in [3.8, 4) is 17.1 Å². The maximum atomic E-state index is 5.01. The lowest BCUT2D eigenvalue weighted by Gasteiger charge is -2.00. The highest BCUT2D eigenvalue weighted by molar-refractivity contribution is 5.53. The maximum Gasteiger partial charge on any atom is 0.137 e. The number of methoxy groups -OCH3 is 1. The van der Waals surface area contributed by atoms with Gasteiger partial charge in [-0.1, -0.05) is 0 Å². The van der Waals surface area contributed by atoms with Crippen LogP contribution in [0.4, 0.5) is 0 Å². The van der Waals surface area contributed by atoms with Crippen LogP contribution in [0.5, 0.6) is 5.75 Å². The summed E-state index contributed by atoms with van der Waals surface area (Å²) in [5, 5.41) is 0. The molecule has 4 heteroatoms. The topological polar surface area (TPSA) is 47.9 Å². The van der Waals surface area contributed by atoms with Gasteiger partial charge >= 0.3 is 0 Å². The van der Waals surface area contributed by atoms with E-state index in [1.54, 1.807) is 19.5 Å². The molecule has 0 fully saturated rings. The van der Waals surface area contributed by atoms with Crippen LogP contribution in [0.3, 0.4) is 0 Å². The molecule has 0 aliphatic rings. The van der Waals surface area contributed by atoms with Crippen molar-refractivity contribution in [1.29, 1.82) is 0 Å². The second-order valence-electron chi connectivity index (χ2n) is 2.68. The van der Waals surface area contributed by atoms with Crippen LogP contribution in [-0.4, -0.2) is 22.1 Å². The average Bonchev–Trinajstić information content (AvgIpc) is 2.30. The fraction of sp³-hybridized carbons (Fsp3) is 0.100. The summed E-state index contributed by atoms with van der Waals surface area (Å²) in [6.45, 7) is 0. The highest BCUT2D eigenvalue weighted by Crippen LogP contribution is 2.15. The number of aromatic nitrogens is 3. The fourth-order valence-electron chi connectivity index (χ4n) is 1.09. The minimum atomic E-state index is 0.739. The standard InChI is InChI=1S/C10H9N3O/c1-14-8-2-3-9(12-6-8)10-4-5-11-7-13-10/h2-7H,1H3. The highest BCUT2D eigenvalue weighted by atomic mass is 16.5. The predicted octanol–water partition coefficient (Wildman–Crippen LogP) is 1.55. The van der Waals surface area contributed by atoms with Crippen LogP contribution in [0.1, 0.15) is 0 Å². The fourth-order valence-corrected chi connectivity index (χ4v) is 1.09. The lowest BCUT2D eigenvalue weighted by Crippen LogP contribution is -1.89. The first-order chi connectivity index (χ1) is 6.90. The van der Waals surface area contributed by atoms with Crippen LogP contribution >= 0.6 is 0 Å². The van der Waals surface area contributed by atoms with Gasteiger partial charge in [-0.05, 0) is 18.2 Å². The molecule has 0 unspecified atom stereocenters. The Bertz CT molecular complexity index is 399. The Morgan fingerprint density at radius 3 is 2.50 bits per heavy atom. The number of ether oxygens (including phenoxy) is 1. The van der Waals surface area contributed by atoms with E-state index in [1.165, 1.54) is 6.33 Å². The van der Waals surface area contributed by atoms with Crippen molar-refractivity contribution in [3.05, 3.63) is 36.9 Å². The SMILES string of the molecule is COc1ccc(-c2ccncn2)nc1. The predicted molar refractivity (Wildman–Crippen MR) is 51.8 cm³/mol. The smallest absolute Gasteiger partial charge is 0.137 e. The molecule has 2 aromatic rings. The van der Waals surface area contributed by atoms with Crippen LogP contribution < -0.4 is 4.74 Å². The molecule has 2 heterocycles. The molecular formula is C10H9N3O. The lowest BCUT2D eigenvalue weighted by molar-refractivity contribution is 0.413. The van der Waals surface area contributed by atoms with Crippen LogP contribution in [0.2, 0.25) is 0 Å². The monoisotopic (exact) mass is 187 g/mol. The van der Waals surface area contributed by atoms with Crippen LogP contribution in [-0.2, 0) is 0 Å². The molecule has 2 rings (SSSR count). The van der Waals surface area contributed by atoms with E-state index in [4.69, 9.17) is 4.74 Å². The number of hydrogen-bond acceptors (Lipinski definition) is 4. The Morgan fingerprint density at radius 2 is 1.93 bits per heavy atom. The Hall–Kier alpha value is -1.97. The first kappa shape index (κ1) is 8.62. The van der Waals surface area contributed by atoms with Gasteiger partial charge in [0.05, 0.1) is 24.7 Å². The van der Waals surface area contributed by atoms with Crippen LogP contribution in [0.15, 0.2) is 36.9 Å². The van der Waals surface area contributed by atoms with Gasteiger partial charge in [0.1, 0.15) is 12.1 Å². The van der Waals surface area contributed by atoms with Gasteiger partial charge in [-0.3, -0.25) is 4.98 Å². The normalized spacial score (nSPS) is 9.79. The summed E-state index contributed by atoms with van der Waals surface area (Å²) < 4.78 is 5.01. The molecule has 2 aromatic heterocycles. The Labute approximate surface area is 81.6 Å². The third-order valence-electron chi connectivity index (χ3n) is 1.82. The van der Waals surface area contributed by atoms with E-state index in [0.29, 0.717) is 0 Å². The van der Waals surface area contributed by atoms with Gasteiger partial charge in [-0.25, -0.2) is 9.97 Å². The molecule has 0 aliphatic carbocycles. The maximum absolute atomic E-state index is 5.01.